The standard InChI is InChI=1S/C25H22F3N5O3/c26-25(27,28)36-20-10-6-18(7-11-20)21(13-35-16-34)23-22(29-15-33(23)19-8-9-19)24-30-14-32(31-24)12-17-4-2-1-3-5-17/h1-7,10-11,14-16,19,21H,8-9,12-13H2. The Hall–Kier alpha value is -4.15. The topological polar surface area (TPSA) is 84.1 Å². The number of ether oxygens (including phenoxy) is 2. The molecule has 1 fully saturated rings. The lowest BCUT2D eigenvalue weighted by Crippen LogP contribution is -2.17. The van der Waals surface area contributed by atoms with Crippen LogP contribution in [0.15, 0.2) is 67.3 Å². The van der Waals surface area contributed by atoms with Crippen LogP contribution >= 0.6 is 0 Å². The number of aromatic nitrogens is 5. The molecule has 36 heavy (non-hydrogen) atoms. The molecule has 0 N–H and O–H groups in total. The van der Waals surface area contributed by atoms with Gasteiger partial charge in [-0.25, -0.2) is 14.6 Å². The van der Waals surface area contributed by atoms with E-state index in [-0.39, 0.29) is 18.4 Å². The molecule has 2 heterocycles. The summed E-state index contributed by atoms with van der Waals surface area (Å²) in [6, 6.07) is 15.6. The number of alkyl halides is 3. The quantitative estimate of drug-likeness (QED) is 0.295. The molecule has 0 spiro atoms. The highest BCUT2D eigenvalue weighted by Gasteiger charge is 2.34. The SMILES string of the molecule is O=COCC(c1ccc(OC(F)(F)F)cc1)c1c(-c2ncn(Cc3ccccc3)n2)ncn1C1CC1. The maximum Gasteiger partial charge on any atom is 0.573 e. The molecule has 11 heteroatoms. The highest BCUT2D eigenvalue weighted by molar-refractivity contribution is 5.56. The van der Waals surface area contributed by atoms with E-state index < -0.39 is 12.3 Å². The molecule has 1 unspecified atom stereocenters. The van der Waals surface area contributed by atoms with Gasteiger partial charge >= 0.3 is 6.36 Å². The average Bonchev–Trinajstić information content (AvgIpc) is 3.44. The summed E-state index contributed by atoms with van der Waals surface area (Å²) in [5.41, 5.74) is 2.97. The number of rotatable bonds is 10. The van der Waals surface area contributed by atoms with Crippen molar-refractivity contribution in [3.05, 3.63) is 84.1 Å². The zero-order valence-corrected chi connectivity index (χ0v) is 19.0. The van der Waals surface area contributed by atoms with Crippen LogP contribution in [-0.2, 0) is 16.1 Å². The van der Waals surface area contributed by atoms with E-state index in [0.717, 1.165) is 24.1 Å². The second-order valence-corrected chi connectivity index (χ2v) is 8.47. The molecule has 1 saturated carbocycles. The lowest BCUT2D eigenvalue weighted by molar-refractivity contribution is -0.274. The number of benzene rings is 2. The van der Waals surface area contributed by atoms with Gasteiger partial charge in [-0.1, -0.05) is 42.5 Å². The number of carbonyl (C=O) groups excluding carboxylic acids is 1. The predicted octanol–water partition coefficient (Wildman–Crippen LogP) is 4.73. The first-order chi connectivity index (χ1) is 17.4. The Kier molecular flexibility index (Phi) is 6.45. The molecule has 0 saturated heterocycles. The summed E-state index contributed by atoms with van der Waals surface area (Å²) < 4.78 is 50.7. The van der Waals surface area contributed by atoms with Crippen LogP contribution in [0.25, 0.3) is 11.5 Å². The Labute approximate surface area is 204 Å². The molecule has 0 bridgehead atoms. The Morgan fingerprint density at radius 3 is 2.44 bits per heavy atom. The van der Waals surface area contributed by atoms with Gasteiger partial charge in [-0.2, -0.15) is 0 Å². The van der Waals surface area contributed by atoms with E-state index in [2.05, 4.69) is 19.8 Å². The molecule has 0 aliphatic heterocycles. The normalized spacial score (nSPS) is 14.4. The summed E-state index contributed by atoms with van der Waals surface area (Å²) in [4.78, 5) is 20.1. The number of hydrogen-bond acceptors (Lipinski definition) is 6. The van der Waals surface area contributed by atoms with Crippen molar-refractivity contribution in [2.45, 2.75) is 37.7 Å². The van der Waals surface area contributed by atoms with Gasteiger partial charge in [-0.05, 0) is 36.1 Å². The third kappa shape index (κ3) is 5.40. The fourth-order valence-corrected chi connectivity index (χ4v) is 4.15. The van der Waals surface area contributed by atoms with Crippen molar-refractivity contribution < 1.29 is 27.4 Å². The van der Waals surface area contributed by atoms with Crippen LogP contribution in [0.4, 0.5) is 13.2 Å². The highest BCUT2D eigenvalue weighted by Crippen LogP contribution is 2.42. The number of halogens is 3. The zero-order chi connectivity index (χ0) is 25.1. The maximum absolute atomic E-state index is 12.6. The fraction of sp³-hybridized carbons (Fsp3) is 0.280. The van der Waals surface area contributed by atoms with Crippen molar-refractivity contribution in [3.8, 4) is 17.3 Å². The van der Waals surface area contributed by atoms with E-state index in [1.54, 1.807) is 17.3 Å². The Morgan fingerprint density at radius 2 is 1.78 bits per heavy atom. The van der Waals surface area contributed by atoms with Gasteiger partial charge in [-0.3, -0.25) is 4.79 Å². The van der Waals surface area contributed by atoms with Crippen LogP contribution < -0.4 is 4.74 Å². The third-order valence-corrected chi connectivity index (χ3v) is 5.89. The van der Waals surface area contributed by atoms with E-state index in [4.69, 9.17) is 4.74 Å². The summed E-state index contributed by atoms with van der Waals surface area (Å²) in [5, 5.41) is 4.61. The van der Waals surface area contributed by atoms with Gasteiger partial charge in [0.2, 0.25) is 5.82 Å². The Balaban J connectivity index is 1.50. The fourth-order valence-electron chi connectivity index (χ4n) is 4.15. The van der Waals surface area contributed by atoms with Crippen LogP contribution in [0.3, 0.4) is 0 Å². The number of nitrogens with zero attached hydrogens (tertiary/aromatic N) is 5. The van der Waals surface area contributed by atoms with Crippen molar-refractivity contribution >= 4 is 6.47 Å². The monoisotopic (exact) mass is 497 g/mol. The van der Waals surface area contributed by atoms with Gasteiger partial charge in [0, 0.05) is 6.04 Å². The third-order valence-electron chi connectivity index (χ3n) is 5.89. The molecule has 2 aromatic carbocycles. The van der Waals surface area contributed by atoms with Crippen molar-refractivity contribution in [1.82, 2.24) is 24.3 Å². The minimum atomic E-state index is -4.79. The van der Waals surface area contributed by atoms with Crippen LogP contribution in [0.2, 0.25) is 0 Å². The van der Waals surface area contributed by atoms with Crippen molar-refractivity contribution in [3.63, 3.8) is 0 Å². The van der Waals surface area contributed by atoms with Gasteiger partial charge in [0.1, 0.15) is 24.4 Å². The maximum atomic E-state index is 12.6. The second kappa shape index (κ2) is 9.84. The van der Waals surface area contributed by atoms with E-state index >= 15 is 0 Å². The van der Waals surface area contributed by atoms with Crippen LogP contribution in [0, 0.1) is 0 Å². The van der Waals surface area contributed by atoms with Gasteiger partial charge in [-0.15, -0.1) is 18.3 Å². The second-order valence-electron chi connectivity index (χ2n) is 8.47. The molecular weight excluding hydrogens is 475 g/mol. The lowest BCUT2D eigenvalue weighted by Gasteiger charge is -2.20. The first-order valence-electron chi connectivity index (χ1n) is 11.3. The Morgan fingerprint density at radius 1 is 1.03 bits per heavy atom. The van der Waals surface area contributed by atoms with Crippen molar-refractivity contribution in [2.75, 3.05) is 6.61 Å². The molecule has 8 nitrogen and oxygen atoms in total. The molecule has 186 valence electrons. The van der Waals surface area contributed by atoms with Crippen LogP contribution in [0.1, 0.15) is 41.6 Å². The summed E-state index contributed by atoms with van der Waals surface area (Å²) >= 11 is 0. The van der Waals surface area contributed by atoms with Gasteiger partial charge in [0.15, 0.2) is 0 Å². The first-order valence-corrected chi connectivity index (χ1v) is 11.3. The molecule has 1 atom stereocenters. The van der Waals surface area contributed by atoms with Gasteiger partial charge < -0.3 is 14.0 Å². The van der Waals surface area contributed by atoms with Crippen LogP contribution in [-0.4, -0.2) is 43.8 Å². The largest absolute Gasteiger partial charge is 0.573 e. The zero-order valence-electron chi connectivity index (χ0n) is 19.0. The molecule has 2 aromatic heterocycles. The highest BCUT2D eigenvalue weighted by atomic mass is 19.4. The molecule has 1 aliphatic carbocycles. The van der Waals surface area contributed by atoms with Crippen molar-refractivity contribution in [2.24, 2.45) is 0 Å². The first kappa shape index (κ1) is 23.6. The minimum Gasteiger partial charge on any atom is -0.467 e. The minimum absolute atomic E-state index is 0.0287. The number of imidazole rings is 1. The molecule has 0 radical (unpaired) electrons. The lowest BCUT2D eigenvalue weighted by atomic mass is 9.94. The van der Waals surface area contributed by atoms with E-state index in [0.29, 0.717) is 30.1 Å². The average molecular weight is 497 g/mol. The van der Waals surface area contributed by atoms with E-state index in [1.165, 1.54) is 24.3 Å². The molecule has 4 aromatic rings. The Bertz CT molecular complexity index is 1310. The molecule has 0 amide bonds. The smallest absolute Gasteiger partial charge is 0.467 e. The van der Waals surface area contributed by atoms with Gasteiger partial charge in [0.05, 0.1) is 24.5 Å². The van der Waals surface area contributed by atoms with E-state index in [9.17, 15) is 18.0 Å². The molecular formula is C25H22F3N5O3. The van der Waals surface area contributed by atoms with Crippen molar-refractivity contribution in [1.29, 1.82) is 0 Å². The summed E-state index contributed by atoms with van der Waals surface area (Å²) in [6.07, 6.45) is 0.498. The number of hydrogen-bond donors (Lipinski definition) is 0. The van der Waals surface area contributed by atoms with Gasteiger partial charge in [0.25, 0.3) is 6.47 Å². The number of carbonyl (C=O) groups is 1. The van der Waals surface area contributed by atoms with E-state index in [1.807, 2.05) is 34.9 Å². The molecule has 5 rings (SSSR count). The predicted molar refractivity (Wildman–Crippen MR) is 122 cm³/mol. The summed E-state index contributed by atoms with van der Waals surface area (Å²) in [7, 11) is 0. The van der Waals surface area contributed by atoms with Crippen LogP contribution in [0.5, 0.6) is 5.75 Å². The molecule has 1 aliphatic rings. The summed E-state index contributed by atoms with van der Waals surface area (Å²) in [6.45, 7) is 0.850. The summed E-state index contributed by atoms with van der Waals surface area (Å²) in [5.74, 6) is -0.429.